The zero-order chi connectivity index (χ0) is 11.7. The van der Waals surface area contributed by atoms with Crippen molar-refractivity contribution in [1.82, 2.24) is 9.88 Å². The molecule has 1 saturated carbocycles. The first-order valence-electron chi connectivity index (χ1n) is 5.24. The van der Waals surface area contributed by atoms with Gasteiger partial charge in [0, 0.05) is 13.6 Å². The van der Waals surface area contributed by atoms with Gasteiger partial charge in [-0.15, -0.1) is 0 Å². The molecular weight excluding hydrogens is 226 g/mol. The fourth-order valence-electron chi connectivity index (χ4n) is 1.59. The van der Waals surface area contributed by atoms with Crippen LogP contribution in [0.2, 0.25) is 5.15 Å². The largest absolute Gasteiger partial charge is 0.397 e. The lowest BCUT2D eigenvalue weighted by molar-refractivity contribution is 0.0788. The molecule has 1 heterocycles. The van der Waals surface area contributed by atoms with E-state index in [0.29, 0.717) is 17.2 Å². The van der Waals surface area contributed by atoms with Crippen LogP contribution in [0.4, 0.5) is 5.69 Å². The minimum absolute atomic E-state index is 0.114. The van der Waals surface area contributed by atoms with Gasteiger partial charge in [-0.3, -0.25) is 4.79 Å². The molecule has 4 nitrogen and oxygen atoms in total. The van der Waals surface area contributed by atoms with Crippen molar-refractivity contribution in [1.29, 1.82) is 0 Å². The zero-order valence-corrected chi connectivity index (χ0v) is 9.87. The molecule has 1 aromatic rings. The van der Waals surface area contributed by atoms with Crippen molar-refractivity contribution >= 4 is 23.2 Å². The molecule has 1 aliphatic rings. The molecule has 0 radical (unpaired) electrons. The number of carbonyl (C=O) groups excluding carboxylic acids is 1. The molecule has 0 saturated heterocycles. The fourth-order valence-corrected chi connectivity index (χ4v) is 1.77. The summed E-state index contributed by atoms with van der Waals surface area (Å²) in [4.78, 5) is 17.6. The van der Waals surface area contributed by atoms with Crippen molar-refractivity contribution in [2.24, 2.45) is 5.92 Å². The minimum atomic E-state index is -0.114. The summed E-state index contributed by atoms with van der Waals surface area (Å²) in [6.07, 6.45) is 3.86. The number of anilines is 1. The highest BCUT2D eigenvalue weighted by Crippen LogP contribution is 2.30. The topological polar surface area (TPSA) is 59.2 Å². The number of amides is 1. The molecule has 0 spiro atoms. The summed E-state index contributed by atoms with van der Waals surface area (Å²) in [6, 6.07) is 1.57. The molecule has 0 aliphatic heterocycles. The minimum Gasteiger partial charge on any atom is -0.397 e. The van der Waals surface area contributed by atoms with Gasteiger partial charge in [-0.2, -0.15) is 0 Å². The average molecular weight is 240 g/mol. The van der Waals surface area contributed by atoms with Crippen LogP contribution in [0.5, 0.6) is 0 Å². The number of hydrogen-bond acceptors (Lipinski definition) is 3. The molecule has 2 N–H and O–H groups in total. The maximum atomic E-state index is 12.0. The molecule has 1 aromatic heterocycles. The van der Waals surface area contributed by atoms with Crippen molar-refractivity contribution in [3.05, 3.63) is 23.0 Å². The predicted octanol–water partition coefficient (Wildman–Crippen LogP) is 1.80. The van der Waals surface area contributed by atoms with Crippen LogP contribution in [0.25, 0.3) is 0 Å². The van der Waals surface area contributed by atoms with E-state index in [1.54, 1.807) is 18.0 Å². The van der Waals surface area contributed by atoms with Gasteiger partial charge in [-0.25, -0.2) is 4.98 Å². The van der Waals surface area contributed by atoms with Crippen LogP contribution >= 0.6 is 11.6 Å². The Balaban J connectivity index is 2.14. The second-order valence-corrected chi connectivity index (χ2v) is 4.59. The highest BCUT2D eigenvalue weighted by molar-refractivity contribution is 6.32. The second kappa shape index (κ2) is 4.29. The molecule has 0 atom stereocenters. The number of nitrogens with two attached hydrogens (primary N) is 1. The monoisotopic (exact) mass is 239 g/mol. The molecule has 5 heteroatoms. The number of carbonyl (C=O) groups is 1. The van der Waals surface area contributed by atoms with E-state index in [0.717, 1.165) is 6.54 Å². The van der Waals surface area contributed by atoms with Gasteiger partial charge in [0.15, 0.2) is 0 Å². The number of nitrogens with zero attached hydrogens (tertiary/aromatic N) is 2. The summed E-state index contributed by atoms with van der Waals surface area (Å²) < 4.78 is 0. The lowest BCUT2D eigenvalue weighted by atomic mass is 10.2. The predicted molar refractivity (Wildman–Crippen MR) is 63.3 cm³/mol. The van der Waals surface area contributed by atoms with E-state index >= 15 is 0 Å². The SMILES string of the molecule is CN(CC1CC1)C(=O)c1cc(N)cnc1Cl. The Morgan fingerprint density at radius 1 is 1.69 bits per heavy atom. The third kappa shape index (κ3) is 2.44. The number of aromatic nitrogens is 1. The summed E-state index contributed by atoms with van der Waals surface area (Å²) in [5, 5.41) is 0.210. The van der Waals surface area contributed by atoms with Crippen molar-refractivity contribution in [3.63, 3.8) is 0 Å². The first kappa shape index (κ1) is 11.2. The Labute approximate surface area is 99.4 Å². The quantitative estimate of drug-likeness (QED) is 0.819. The summed E-state index contributed by atoms with van der Waals surface area (Å²) in [5.74, 6) is 0.540. The molecule has 0 bridgehead atoms. The molecule has 1 aliphatic carbocycles. The van der Waals surface area contributed by atoms with Gasteiger partial charge in [-0.1, -0.05) is 11.6 Å². The number of hydrogen-bond donors (Lipinski definition) is 1. The first-order chi connectivity index (χ1) is 7.58. The fraction of sp³-hybridized carbons (Fsp3) is 0.455. The second-order valence-electron chi connectivity index (χ2n) is 4.24. The third-order valence-electron chi connectivity index (χ3n) is 2.67. The summed E-state index contributed by atoms with van der Waals surface area (Å²) >= 11 is 5.87. The van der Waals surface area contributed by atoms with E-state index in [2.05, 4.69) is 4.98 Å². The van der Waals surface area contributed by atoms with Gasteiger partial charge in [-0.05, 0) is 24.8 Å². The van der Waals surface area contributed by atoms with Gasteiger partial charge in [0.2, 0.25) is 0 Å². The highest BCUT2D eigenvalue weighted by Gasteiger charge is 2.26. The zero-order valence-electron chi connectivity index (χ0n) is 9.11. The number of nitrogen functional groups attached to an aromatic ring is 1. The van der Waals surface area contributed by atoms with Gasteiger partial charge in [0.1, 0.15) is 5.15 Å². The Bertz CT molecular complexity index is 418. The van der Waals surface area contributed by atoms with Crippen LogP contribution in [0.3, 0.4) is 0 Å². The lowest BCUT2D eigenvalue weighted by Crippen LogP contribution is -2.29. The van der Waals surface area contributed by atoms with Gasteiger partial charge >= 0.3 is 0 Å². The van der Waals surface area contributed by atoms with Gasteiger partial charge in [0.05, 0.1) is 17.4 Å². The lowest BCUT2D eigenvalue weighted by Gasteiger charge is -2.17. The third-order valence-corrected chi connectivity index (χ3v) is 2.97. The number of halogens is 1. The van der Waals surface area contributed by atoms with Crippen LogP contribution in [-0.2, 0) is 0 Å². The normalized spacial score (nSPS) is 14.9. The first-order valence-corrected chi connectivity index (χ1v) is 5.62. The van der Waals surface area contributed by atoms with E-state index in [9.17, 15) is 4.79 Å². The number of pyridine rings is 1. The molecule has 1 amide bonds. The smallest absolute Gasteiger partial charge is 0.256 e. The van der Waals surface area contributed by atoms with E-state index in [1.807, 2.05) is 0 Å². The molecule has 0 unspecified atom stereocenters. The Morgan fingerprint density at radius 3 is 3.00 bits per heavy atom. The molecule has 1 fully saturated rings. The summed E-state index contributed by atoms with van der Waals surface area (Å²) in [5.41, 5.74) is 6.42. The van der Waals surface area contributed by atoms with E-state index < -0.39 is 0 Å². The summed E-state index contributed by atoms with van der Waals surface area (Å²) in [6.45, 7) is 0.782. The van der Waals surface area contributed by atoms with Crippen molar-refractivity contribution in [3.8, 4) is 0 Å². The van der Waals surface area contributed by atoms with Crippen LogP contribution in [0.1, 0.15) is 23.2 Å². The van der Waals surface area contributed by atoms with Crippen molar-refractivity contribution < 1.29 is 4.79 Å². The Morgan fingerprint density at radius 2 is 2.38 bits per heavy atom. The van der Waals surface area contributed by atoms with E-state index in [4.69, 9.17) is 17.3 Å². The van der Waals surface area contributed by atoms with Crippen LogP contribution in [-0.4, -0.2) is 29.4 Å². The highest BCUT2D eigenvalue weighted by atomic mass is 35.5. The van der Waals surface area contributed by atoms with Gasteiger partial charge < -0.3 is 10.6 Å². The Kier molecular flexibility index (Phi) is 3.01. The van der Waals surface area contributed by atoms with Gasteiger partial charge in [0.25, 0.3) is 5.91 Å². The molecule has 0 aromatic carbocycles. The Hall–Kier alpha value is -1.29. The molecular formula is C11H14ClN3O. The summed E-state index contributed by atoms with van der Waals surface area (Å²) in [7, 11) is 1.78. The molecule has 16 heavy (non-hydrogen) atoms. The van der Waals surface area contributed by atoms with Crippen LogP contribution in [0, 0.1) is 5.92 Å². The maximum absolute atomic E-state index is 12.0. The van der Waals surface area contributed by atoms with Crippen LogP contribution < -0.4 is 5.73 Å². The van der Waals surface area contributed by atoms with Crippen molar-refractivity contribution in [2.75, 3.05) is 19.3 Å². The van der Waals surface area contributed by atoms with E-state index in [-0.39, 0.29) is 11.1 Å². The standard InChI is InChI=1S/C11H14ClN3O/c1-15(6-7-2-3-7)11(16)9-4-8(13)5-14-10(9)12/h4-5,7H,2-3,6,13H2,1H3. The number of rotatable bonds is 3. The van der Waals surface area contributed by atoms with E-state index in [1.165, 1.54) is 19.0 Å². The van der Waals surface area contributed by atoms with Crippen LogP contribution in [0.15, 0.2) is 12.3 Å². The molecule has 86 valence electrons. The average Bonchev–Trinajstić information content (AvgIpc) is 3.04. The van der Waals surface area contributed by atoms with Crippen molar-refractivity contribution in [2.45, 2.75) is 12.8 Å². The molecule has 2 rings (SSSR count). The maximum Gasteiger partial charge on any atom is 0.256 e.